The first-order valence-corrected chi connectivity index (χ1v) is 4.95. The molecular weight excluding hydrogens is 200 g/mol. The van der Waals surface area contributed by atoms with Crippen LogP contribution in [0.15, 0.2) is 59.2 Å². The van der Waals surface area contributed by atoms with Gasteiger partial charge in [0, 0.05) is 18.9 Å². The van der Waals surface area contributed by atoms with Crippen LogP contribution in [0.4, 0.5) is 11.4 Å². The normalized spacial score (nSPS) is 11.1. The first-order chi connectivity index (χ1) is 7.63. The Hall–Kier alpha value is -2.10. The zero-order valence-electron chi connectivity index (χ0n) is 9.59. The number of allylic oxidation sites excluding steroid dienone is 1. The molecule has 1 aromatic rings. The summed E-state index contributed by atoms with van der Waals surface area (Å²) in [5.74, 6) is 0.579. The Morgan fingerprint density at radius 3 is 2.56 bits per heavy atom. The Kier molecular flexibility index (Phi) is 4.27. The molecule has 4 heteroatoms. The van der Waals surface area contributed by atoms with E-state index in [1.165, 1.54) is 0 Å². The molecule has 0 saturated carbocycles. The smallest absolute Gasteiger partial charge is 0.147 e. The number of rotatable bonds is 4. The predicted molar refractivity (Wildman–Crippen MR) is 67.1 cm³/mol. The van der Waals surface area contributed by atoms with E-state index in [-0.39, 0.29) is 0 Å². The summed E-state index contributed by atoms with van der Waals surface area (Å²) in [6.07, 6.45) is 3.77. The van der Waals surface area contributed by atoms with Crippen molar-refractivity contribution in [3.8, 4) is 0 Å². The van der Waals surface area contributed by atoms with Crippen LogP contribution < -0.4 is 5.73 Å². The molecule has 0 amide bonds. The molecule has 0 atom stereocenters. The number of nitrogen functional groups attached to an aromatic ring is 1. The first-order valence-electron chi connectivity index (χ1n) is 4.95. The van der Waals surface area contributed by atoms with E-state index in [0.29, 0.717) is 11.5 Å². The minimum Gasteiger partial charge on any atom is -0.399 e. The van der Waals surface area contributed by atoms with Crippen LogP contribution in [-0.4, -0.2) is 11.9 Å². The van der Waals surface area contributed by atoms with Crippen LogP contribution in [0.25, 0.3) is 0 Å². The predicted octanol–water partition coefficient (Wildman–Crippen LogP) is 3.29. The summed E-state index contributed by atoms with van der Waals surface area (Å²) in [6.45, 7) is 5.73. The molecule has 0 aromatic heterocycles. The summed E-state index contributed by atoms with van der Waals surface area (Å²) in [5.41, 5.74) is 7.03. The molecule has 0 radical (unpaired) electrons. The molecular formula is C12H16N4. The third-order valence-electron chi connectivity index (χ3n) is 1.95. The van der Waals surface area contributed by atoms with Crippen molar-refractivity contribution in [3.63, 3.8) is 0 Å². The highest BCUT2D eigenvalue weighted by molar-refractivity contribution is 5.47. The van der Waals surface area contributed by atoms with Gasteiger partial charge in [0.05, 0.1) is 5.69 Å². The van der Waals surface area contributed by atoms with Gasteiger partial charge in [-0.3, -0.25) is 0 Å². The largest absolute Gasteiger partial charge is 0.399 e. The van der Waals surface area contributed by atoms with E-state index in [1.54, 1.807) is 17.0 Å². The van der Waals surface area contributed by atoms with E-state index in [0.717, 1.165) is 5.69 Å². The van der Waals surface area contributed by atoms with Gasteiger partial charge in [0.15, 0.2) is 0 Å². The second-order valence-electron chi connectivity index (χ2n) is 3.30. The number of azo groups is 1. The molecule has 0 aliphatic rings. The van der Waals surface area contributed by atoms with E-state index >= 15 is 0 Å². The highest BCUT2D eigenvalue weighted by Crippen LogP contribution is 2.15. The third-order valence-corrected chi connectivity index (χ3v) is 1.95. The lowest BCUT2D eigenvalue weighted by molar-refractivity contribution is 0.555. The van der Waals surface area contributed by atoms with Gasteiger partial charge in [-0.1, -0.05) is 12.7 Å². The van der Waals surface area contributed by atoms with Crippen LogP contribution >= 0.6 is 0 Å². The number of hydrogen-bond donors (Lipinski definition) is 1. The van der Waals surface area contributed by atoms with Gasteiger partial charge in [-0.2, -0.15) is 0 Å². The summed E-state index contributed by atoms with van der Waals surface area (Å²) in [6, 6.07) is 7.18. The fourth-order valence-corrected chi connectivity index (χ4v) is 1.04. The number of hydrogen-bond acceptors (Lipinski definition) is 4. The zero-order valence-corrected chi connectivity index (χ0v) is 9.59. The van der Waals surface area contributed by atoms with Gasteiger partial charge in [0.25, 0.3) is 0 Å². The molecule has 84 valence electrons. The Balaban J connectivity index is 2.66. The molecule has 1 aromatic carbocycles. The van der Waals surface area contributed by atoms with Crippen LogP contribution in [0.1, 0.15) is 6.92 Å². The van der Waals surface area contributed by atoms with E-state index in [1.807, 2.05) is 38.4 Å². The van der Waals surface area contributed by atoms with Crippen LogP contribution in [0, 0.1) is 0 Å². The summed E-state index contributed by atoms with van der Waals surface area (Å²) in [4.78, 5) is 1.79. The Labute approximate surface area is 95.8 Å². The minimum absolute atomic E-state index is 0.579. The van der Waals surface area contributed by atoms with Crippen molar-refractivity contribution < 1.29 is 0 Å². The Morgan fingerprint density at radius 1 is 1.38 bits per heavy atom. The molecule has 4 nitrogen and oxygen atoms in total. The molecule has 0 aliphatic carbocycles. The van der Waals surface area contributed by atoms with Gasteiger partial charge in [0.1, 0.15) is 5.82 Å². The van der Waals surface area contributed by atoms with E-state index in [9.17, 15) is 0 Å². The van der Waals surface area contributed by atoms with Crippen molar-refractivity contribution in [1.29, 1.82) is 0 Å². The number of nitrogens with zero attached hydrogens (tertiary/aromatic N) is 3. The van der Waals surface area contributed by atoms with Gasteiger partial charge in [0.2, 0.25) is 0 Å². The van der Waals surface area contributed by atoms with Crippen LogP contribution in [0.3, 0.4) is 0 Å². The molecule has 16 heavy (non-hydrogen) atoms. The minimum atomic E-state index is 0.579. The standard InChI is InChI=1S/C12H16N4/c1-4-9-16(3)10(2)14-15-12-7-5-11(13)6-8-12/h4-9H,2,13H2,1,3H3/b9-4-,15-14?. The molecule has 1 rings (SSSR count). The lowest BCUT2D eigenvalue weighted by Gasteiger charge is -2.10. The maximum absolute atomic E-state index is 5.56. The second-order valence-corrected chi connectivity index (χ2v) is 3.30. The highest BCUT2D eigenvalue weighted by Gasteiger charge is 1.95. The summed E-state index contributed by atoms with van der Waals surface area (Å²) in [5, 5.41) is 8.05. The molecule has 0 spiro atoms. The van der Waals surface area contributed by atoms with E-state index in [4.69, 9.17) is 5.73 Å². The van der Waals surface area contributed by atoms with Crippen molar-refractivity contribution in [2.45, 2.75) is 6.92 Å². The van der Waals surface area contributed by atoms with Crippen molar-refractivity contribution in [3.05, 3.63) is 48.9 Å². The maximum Gasteiger partial charge on any atom is 0.147 e. The monoisotopic (exact) mass is 216 g/mol. The van der Waals surface area contributed by atoms with Crippen LogP contribution in [0.5, 0.6) is 0 Å². The average Bonchev–Trinajstić information content (AvgIpc) is 2.28. The van der Waals surface area contributed by atoms with Crippen LogP contribution in [-0.2, 0) is 0 Å². The van der Waals surface area contributed by atoms with Gasteiger partial charge in [-0.05, 0) is 31.2 Å². The van der Waals surface area contributed by atoms with Crippen LogP contribution in [0.2, 0.25) is 0 Å². The topological polar surface area (TPSA) is 54.0 Å². The average molecular weight is 216 g/mol. The second kappa shape index (κ2) is 5.70. The van der Waals surface area contributed by atoms with Crippen molar-refractivity contribution in [2.75, 3.05) is 12.8 Å². The summed E-state index contributed by atoms with van der Waals surface area (Å²) < 4.78 is 0. The number of anilines is 1. The quantitative estimate of drug-likeness (QED) is 0.620. The molecule has 0 saturated heterocycles. The SMILES string of the molecule is C=C(N=Nc1ccc(N)cc1)N(C)/C=C\C. The highest BCUT2D eigenvalue weighted by atomic mass is 15.3. The molecule has 0 aliphatic heterocycles. The van der Waals surface area contributed by atoms with Crippen molar-refractivity contribution >= 4 is 11.4 Å². The summed E-state index contributed by atoms with van der Waals surface area (Å²) in [7, 11) is 1.87. The van der Waals surface area contributed by atoms with E-state index in [2.05, 4.69) is 16.8 Å². The van der Waals surface area contributed by atoms with Gasteiger partial charge < -0.3 is 10.6 Å². The molecule has 0 fully saturated rings. The lowest BCUT2D eigenvalue weighted by atomic mass is 10.3. The third kappa shape index (κ3) is 3.57. The fraction of sp³-hybridized carbons (Fsp3) is 0.167. The number of benzene rings is 1. The Bertz CT molecular complexity index is 404. The molecule has 2 N–H and O–H groups in total. The zero-order chi connectivity index (χ0) is 12.0. The summed E-state index contributed by atoms with van der Waals surface area (Å²) >= 11 is 0. The maximum atomic E-state index is 5.56. The first kappa shape index (κ1) is 12.0. The van der Waals surface area contributed by atoms with Crippen molar-refractivity contribution in [1.82, 2.24) is 4.90 Å². The van der Waals surface area contributed by atoms with Gasteiger partial charge >= 0.3 is 0 Å². The molecule has 0 unspecified atom stereocenters. The lowest BCUT2D eigenvalue weighted by Crippen LogP contribution is -2.06. The Morgan fingerprint density at radius 2 is 2.00 bits per heavy atom. The van der Waals surface area contributed by atoms with Gasteiger partial charge in [-0.25, -0.2) is 0 Å². The van der Waals surface area contributed by atoms with Gasteiger partial charge in [-0.15, -0.1) is 10.2 Å². The fourth-order valence-electron chi connectivity index (χ4n) is 1.04. The molecule has 0 heterocycles. The van der Waals surface area contributed by atoms with E-state index < -0.39 is 0 Å². The number of nitrogens with two attached hydrogens (primary N) is 1. The molecule has 0 bridgehead atoms. The van der Waals surface area contributed by atoms with Crippen molar-refractivity contribution in [2.24, 2.45) is 10.2 Å².